The summed E-state index contributed by atoms with van der Waals surface area (Å²) in [6.45, 7) is 2.90. The molecule has 0 saturated carbocycles. The van der Waals surface area contributed by atoms with E-state index in [-0.39, 0.29) is 0 Å². The number of alkyl halides is 1. The van der Waals surface area contributed by atoms with Crippen LogP contribution in [-0.2, 0) is 9.84 Å². The third-order valence-corrected chi connectivity index (χ3v) is 3.49. The molecule has 0 spiro atoms. The summed E-state index contributed by atoms with van der Waals surface area (Å²) < 4.78 is 19.9. The molecule has 0 aromatic carbocycles. The quantitative estimate of drug-likeness (QED) is 0.531. The van der Waals surface area contributed by atoms with Crippen LogP contribution in [0.3, 0.4) is 0 Å². The van der Waals surface area contributed by atoms with Gasteiger partial charge in [-0.25, -0.2) is 8.42 Å². The SMILES string of the molecule is CC(C)(Cl)S(C)(=O)=O. The summed E-state index contributed by atoms with van der Waals surface area (Å²) in [7, 11) is -3.07. The van der Waals surface area contributed by atoms with Crippen LogP contribution in [0.15, 0.2) is 0 Å². The van der Waals surface area contributed by atoms with Gasteiger partial charge in [-0.3, -0.25) is 0 Å². The molecule has 0 aromatic heterocycles. The minimum Gasteiger partial charge on any atom is -0.227 e. The van der Waals surface area contributed by atoms with Gasteiger partial charge in [0.1, 0.15) is 4.21 Å². The molecule has 0 amide bonds. The van der Waals surface area contributed by atoms with Gasteiger partial charge in [-0.2, -0.15) is 0 Å². The predicted molar refractivity (Wildman–Crippen MR) is 34.8 cm³/mol. The first-order chi connectivity index (χ1) is 3.25. The van der Waals surface area contributed by atoms with Crippen LogP contribution < -0.4 is 0 Å². The molecule has 0 saturated heterocycles. The van der Waals surface area contributed by atoms with E-state index in [0.29, 0.717) is 0 Å². The van der Waals surface area contributed by atoms with E-state index in [1.807, 2.05) is 0 Å². The summed E-state index contributed by atoms with van der Waals surface area (Å²) in [5.41, 5.74) is 0. The Hall–Kier alpha value is 0.240. The Bertz CT molecular complexity index is 163. The lowest BCUT2D eigenvalue weighted by Gasteiger charge is -2.11. The fourth-order valence-electron chi connectivity index (χ4n) is 0. The van der Waals surface area contributed by atoms with Gasteiger partial charge in [-0.1, -0.05) is 0 Å². The average molecular weight is 157 g/mol. The van der Waals surface area contributed by atoms with Gasteiger partial charge in [-0.15, -0.1) is 11.6 Å². The van der Waals surface area contributed by atoms with Gasteiger partial charge < -0.3 is 0 Å². The highest BCUT2D eigenvalue weighted by Crippen LogP contribution is 2.18. The number of halogens is 1. The van der Waals surface area contributed by atoms with Crippen molar-refractivity contribution in [3.05, 3.63) is 0 Å². The molecule has 0 radical (unpaired) electrons. The van der Waals surface area contributed by atoms with Crippen LogP contribution in [0.25, 0.3) is 0 Å². The minimum atomic E-state index is -3.07. The number of hydrogen-bond donors (Lipinski definition) is 0. The molecule has 0 unspecified atom stereocenters. The fourth-order valence-corrected chi connectivity index (χ4v) is 0. The summed E-state index contributed by atoms with van der Waals surface area (Å²) in [5.74, 6) is 0. The third kappa shape index (κ3) is 2.01. The van der Waals surface area contributed by atoms with E-state index in [1.165, 1.54) is 13.8 Å². The molecule has 4 heteroatoms. The predicted octanol–water partition coefficient (Wildman–Crippen LogP) is 1.01. The van der Waals surface area contributed by atoms with Gasteiger partial charge in [0.2, 0.25) is 0 Å². The minimum absolute atomic E-state index is 1.11. The smallest absolute Gasteiger partial charge is 0.166 e. The molecule has 0 aromatic rings. The molecular weight excluding hydrogens is 148 g/mol. The second kappa shape index (κ2) is 1.88. The van der Waals surface area contributed by atoms with Gasteiger partial charge in [-0.05, 0) is 13.8 Å². The maximum Gasteiger partial charge on any atom is 0.166 e. The Morgan fingerprint density at radius 3 is 1.50 bits per heavy atom. The standard InChI is InChI=1S/C4H9ClO2S/c1-4(2,5)8(3,6)7/h1-3H3. The van der Waals surface area contributed by atoms with Gasteiger partial charge in [0.25, 0.3) is 0 Å². The molecule has 0 heterocycles. The van der Waals surface area contributed by atoms with Crippen LogP contribution in [0.5, 0.6) is 0 Å². The lowest BCUT2D eigenvalue weighted by atomic mass is 10.6. The van der Waals surface area contributed by atoms with Crippen molar-refractivity contribution in [3.8, 4) is 0 Å². The zero-order valence-electron chi connectivity index (χ0n) is 5.10. The van der Waals surface area contributed by atoms with Gasteiger partial charge in [0.15, 0.2) is 9.84 Å². The molecule has 0 aliphatic carbocycles. The maximum atomic E-state index is 10.5. The summed E-state index contributed by atoms with van der Waals surface area (Å²) >= 11 is 5.42. The average Bonchev–Trinajstić information content (AvgIpc) is 1.25. The zero-order valence-corrected chi connectivity index (χ0v) is 6.68. The van der Waals surface area contributed by atoms with Crippen molar-refractivity contribution in [1.82, 2.24) is 0 Å². The topological polar surface area (TPSA) is 34.1 Å². The Balaban J connectivity index is 4.53. The van der Waals surface area contributed by atoms with Crippen LogP contribution >= 0.6 is 11.6 Å². The van der Waals surface area contributed by atoms with Crippen LogP contribution in [-0.4, -0.2) is 18.9 Å². The van der Waals surface area contributed by atoms with Crippen molar-refractivity contribution < 1.29 is 8.42 Å². The molecule has 0 rings (SSSR count). The van der Waals surface area contributed by atoms with Crippen molar-refractivity contribution in [2.24, 2.45) is 0 Å². The van der Waals surface area contributed by atoms with E-state index in [2.05, 4.69) is 0 Å². The maximum absolute atomic E-state index is 10.5. The van der Waals surface area contributed by atoms with Crippen molar-refractivity contribution in [3.63, 3.8) is 0 Å². The second-order valence-electron chi connectivity index (χ2n) is 2.14. The highest BCUT2D eigenvalue weighted by molar-refractivity contribution is 7.93. The molecule has 8 heavy (non-hydrogen) atoms. The van der Waals surface area contributed by atoms with E-state index in [0.717, 1.165) is 6.26 Å². The molecule has 0 N–H and O–H groups in total. The van der Waals surface area contributed by atoms with Gasteiger partial charge >= 0.3 is 0 Å². The van der Waals surface area contributed by atoms with E-state index in [9.17, 15) is 8.42 Å². The van der Waals surface area contributed by atoms with Crippen LogP contribution in [0.4, 0.5) is 0 Å². The van der Waals surface area contributed by atoms with Gasteiger partial charge in [0, 0.05) is 6.26 Å². The van der Waals surface area contributed by atoms with Crippen molar-refractivity contribution in [1.29, 1.82) is 0 Å². The molecule has 0 aliphatic rings. The highest BCUT2D eigenvalue weighted by Gasteiger charge is 2.26. The molecular formula is C4H9ClO2S. The van der Waals surface area contributed by atoms with Gasteiger partial charge in [0.05, 0.1) is 0 Å². The van der Waals surface area contributed by atoms with E-state index < -0.39 is 14.0 Å². The van der Waals surface area contributed by atoms with E-state index in [4.69, 9.17) is 11.6 Å². The summed E-state index contributed by atoms with van der Waals surface area (Å²) in [6, 6.07) is 0. The first kappa shape index (κ1) is 8.24. The molecule has 50 valence electrons. The number of rotatable bonds is 1. The summed E-state index contributed by atoms with van der Waals surface area (Å²) in [4.78, 5) is 0. The van der Waals surface area contributed by atoms with E-state index in [1.54, 1.807) is 0 Å². The number of hydrogen-bond acceptors (Lipinski definition) is 2. The largest absolute Gasteiger partial charge is 0.227 e. The van der Waals surface area contributed by atoms with Crippen molar-refractivity contribution in [2.75, 3.05) is 6.26 Å². The summed E-state index contributed by atoms with van der Waals surface area (Å²) in [6.07, 6.45) is 1.11. The molecule has 0 bridgehead atoms. The first-order valence-corrected chi connectivity index (χ1v) is 4.40. The Morgan fingerprint density at radius 2 is 1.50 bits per heavy atom. The number of sulfone groups is 1. The lowest BCUT2D eigenvalue weighted by molar-refractivity contribution is 0.587. The second-order valence-corrected chi connectivity index (χ2v) is 5.87. The Kier molecular flexibility index (Phi) is 1.94. The van der Waals surface area contributed by atoms with Crippen molar-refractivity contribution in [2.45, 2.75) is 18.1 Å². The third-order valence-electron chi connectivity index (χ3n) is 0.882. The molecule has 0 fully saturated rings. The monoisotopic (exact) mass is 156 g/mol. The van der Waals surface area contributed by atoms with Crippen molar-refractivity contribution >= 4 is 21.4 Å². The molecule has 0 aliphatic heterocycles. The normalized spacial score (nSPS) is 14.0. The van der Waals surface area contributed by atoms with Crippen LogP contribution in [0.2, 0.25) is 0 Å². The molecule has 2 nitrogen and oxygen atoms in total. The lowest BCUT2D eigenvalue weighted by Crippen LogP contribution is -2.22. The Labute approximate surface area is 54.8 Å². The van der Waals surface area contributed by atoms with Crippen LogP contribution in [0, 0.1) is 0 Å². The first-order valence-electron chi connectivity index (χ1n) is 2.13. The Morgan fingerprint density at radius 1 is 1.38 bits per heavy atom. The summed E-state index contributed by atoms with van der Waals surface area (Å²) in [5, 5.41) is 0. The van der Waals surface area contributed by atoms with E-state index >= 15 is 0 Å². The molecule has 0 atom stereocenters. The van der Waals surface area contributed by atoms with Crippen LogP contribution in [0.1, 0.15) is 13.8 Å². The highest BCUT2D eigenvalue weighted by atomic mass is 35.5. The fraction of sp³-hybridized carbons (Fsp3) is 1.00. The zero-order chi connectivity index (χ0) is 7.00.